The van der Waals surface area contributed by atoms with Gasteiger partial charge >= 0.3 is 6.18 Å². The maximum Gasteiger partial charge on any atom is 0.453 e. The third-order valence-electron chi connectivity index (χ3n) is 5.02. The highest BCUT2D eigenvalue weighted by Gasteiger charge is 2.41. The molecule has 6 nitrogen and oxygen atoms in total. The van der Waals surface area contributed by atoms with Crippen LogP contribution in [0.2, 0.25) is 0 Å². The summed E-state index contributed by atoms with van der Waals surface area (Å²) in [4.78, 5) is 15.1. The van der Waals surface area contributed by atoms with Crippen LogP contribution in [0.15, 0.2) is 45.6 Å². The molecule has 0 bridgehead atoms. The number of ether oxygens (including phenoxy) is 3. The van der Waals surface area contributed by atoms with E-state index in [1.807, 2.05) is 18.7 Å². The van der Waals surface area contributed by atoms with Crippen LogP contribution in [0.3, 0.4) is 0 Å². The van der Waals surface area contributed by atoms with E-state index >= 15 is 0 Å². The lowest BCUT2D eigenvalue weighted by Crippen LogP contribution is -2.35. The van der Waals surface area contributed by atoms with E-state index in [4.69, 9.17) is 18.6 Å². The molecule has 0 N–H and O–H groups in total. The second-order valence-electron chi connectivity index (χ2n) is 7.96. The van der Waals surface area contributed by atoms with Gasteiger partial charge in [0, 0.05) is 13.1 Å². The summed E-state index contributed by atoms with van der Waals surface area (Å²) >= 11 is 0. The highest BCUT2D eigenvalue weighted by atomic mass is 19.4. The predicted molar refractivity (Wildman–Crippen MR) is 111 cm³/mol. The van der Waals surface area contributed by atoms with Crippen molar-refractivity contribution in [1.29, 1.82) is 0 Å². The second kappa shape index (κ2) is 8.38. The van der Waals surface area contributed by atoms with Crippen molar-refractivity contribution >= 4 is 11.0 Å². The summed E-state index contributed by atoms with van der Waals surface area (Å²) in [6, 6.07) is 8.83. The number of hydrogen-bond donors (Lipinski definition) is 0. The lowest BCUT2D eigenvalue weighted by atomic mass is 10.1. The monoisotopic (exact) mass is 449 g/mol. The Bertz CT molecular complexity index is 1190. The summed E-state index contributed by atoms with van der Waals surface area (Å²) < 4.78 is 63.1. The van der Waals surface area contributed by atoms with Crippen LogP contribution in [0.4, 0.5) is 13.2 Å². The Balaban J connectivity index is 1.85. The summed E-state index contributed by atoms with van der Waals surface area (Å²) in [6.45, 7) is 5.37. The minimum Gasteiger partial charge on any atom is -0.497 e. The highest BCUT2D eigenvalue weighted by molar-refractivity contribution is 5.83. The molecular weight excluding hydrogens is 427 g/mol. The summed E-state index contributed by atoms with van der Waals surface area (Å²) in [5.74, 6) is -1.12. The van der Waals surface area contributed by atoms with Gasteiger partial charge in [0.1, 0.15) is 29.6 Å². The van der Waals surface area contributed by atoms with E-state index in [-0.39, 0.29) is 16.7 Å². The fourth-order valence-electron chi connectivity index (χ4n) is 3.67. The summed E-state index contributed by atoms with van der Waals surface area (Å²) in [5, 5.41) is -0.00439. The van der Waals surface area contributed by atoms with Gasteiger partial charge in [0.25, 0.3) is 5.76 Å². The molecule has 0 spiro atoms. The maximum atomic E-state index is 13.9. The first-order valence-electron chi connectivity index (χ1n) is 10.0. The molecule has 0 aliphatic carbocycles. The van der Waals surface area contributed by atoms with Gasteiger partial charge in [-0.05, 0) is 42.3 Å². The van der Waals surface area contributed by atoms with Crippen molar-refractivity contribution in [3.05, 3.63) is 57.9 Å². The fraction of sp³-hybridized carbons (Fsp3) is 0.348. The average molecular weight is 449 g/mol. The van der Waals surface area contributed by atoms with Crippen molar-refractivity contribution < 1.29 is 31.8 Å². The number of alkyl halides is 3. The topological polar surface area (TPSA) is 61.1 Å². The lowest BCUT2D eigenvalue weighted by Gasteiger charge is -2.30. The Hall–Kier alpha value is -3.20. The fourth-order valence-corrected chi connectivity index (χ4v) is 3.67. The van der Waals surface area contributed by atoms with Gasteiger partial charge in [-0.3, -0.25) is 9.69 Å². The Morgan fingerprint density at radius 1 is 1.09 bits per heavy atom. The minimum absolute atomic E-state index is 0.00439. The number of benzene rings is 2. The number of rotatable bonds is 5. The second-order valence-corrected chi connectivity index (χ2v) is 7.96. The Labute approximate surface area is 182 Å². The number of fused-ring (bicyclic) bond motifs is 3. The van der Waals surface area contributed by atoms with Gasteiger partial charge < -0.3 is 18.6 Å². The molecule has 2 aromatic carbocycles. The lowest BCUT2D eigenvalue weighted by molar-refractivity contribution is -0.154. The van der Waals surface area contributed by atoms with E-state index in [0.717, 1.165) is 0 Å². The van der Waals surface area contributed by atoms with Crippen molar-refractivity contribution in [2.45, 2.75) is 26.6 Å². The van der Waals surface area contributed by atoms with Crippen LogP contribution in [-0.4, -0.2) is 25.3 Å². The molecule has 0 radical (unpaired) electrons. The smallest absolute Gasteiger partial charge is 0.453 e. The third kappa shape index (κ3) is 4.25. The van der Waals surface area contributed by atoms with Gasteiger partial charge in [0.2, 0.25) is 11.2 Å². The van der Waals surface area contributed by atoms with Gasteiger partial charge in [0.05, 0.1) is 18.1 Å². The van der Waals surface area contributed by atoms with Crippen LogP contribution in [-0.2, 0) is 12.7 Å². The predicted octanol–water partition coefficient (Wildman–Crippen LogP) is 5.42. The first-order chi connectivity index (χ1) is 15.2. The molecular formula is C23H22F3NO5. The molecule has 0 amide bonds. The number of methoxy groups -OCH3 is 1. The number of hydrogen-bond acceptors (Lipinski definition) is 6. The summed E-state index contributed by atoms with van der Waals surface area (Å²) in [7, 11) is 1.46. The quantitative estimate of drug-likeness (QED) is 0.518. The van der Waals surface area contributed by atoms with Gasteiger partial charge in [-0.25, -0.2) is 0 Å². The van der Waals surface area contributed by atoms with Crippen LogP contribution >= 0.6 is 0 Å². The molecule has 0 fully saturated rings. The molecule has 1 aliphatic rings. The first kappa shape index (κ1) is 22.0. The van der Waals surface area contributed by atoms with Crippen molar-refractivity contribution in [2.24, 2.45) is 5.92 Å². The summed E-state index contributed by atoms with van der Waals surface area (Å²) in [6.07, 6.45) is -4.94. The zero-order valence-electron chi connectivity index (χ0n) is 17.8. The van der Waals surface area contributed by atoms with Crippen LogP contribution in [0.5, 0.6) is 23.0 Å². The molecule has 1 aliphatic heterocycles. The standard InChI is InChI=1S/C23H22F3NO5/c1-13(2)10-27-11-17-18(30-12-27)9-8-16-19(28)21(22(23(24,25)26)32-20(16)17)31-15-6-4-14(29-3)5-7-15/h4-9,13H,10-12H2,1-3H3. The van der Waals surface area contributed by atoms with Crippen molar-refractivity contribution in [3.63, 3.8) is 0 Å². The first-order valence-corrected chi connectivity index (χ1v) is 10.0. The van der Waals surface area contributed by atoms with Crippen LogP contribution in [0.25, 0.3) is 11.0 Å². The SMILES string of the molecule is COc1ccc(Oc2c(C(F)(F)F)oc3c4c(ccc3c2=O)OCN(CC(C)C)C4)cc1. The van der Waals surface area contributed by atoms with Gasteiger partial charge in [-0.2, -0.15) is 13.2 Å². The molecule has 0 unspecified atom stereocenters. The number of halogens is 3. The Kier molecular flexibility index (Phi) is 5.77. The largest absolute Gasteiger partial charge is 0.497 e. The minimum atomic E-state index is -4.94. The Morgan fingerprint density at radius 2 is 1.78 bits per heavy atom. The molecule has 0 saturated heterocycles. The van der Waals surface area contributed by atoms with E-state index in [9.17, 15) is 18.0 Å². The molecule has 1 aromatic heterocycles. The molecule has 4 rings (SSSR count). The summed E-state index contributed by atoms with van der Waals surface area (Å²) in [5.41, 5.74) is -0.637. The van der Waals surface area contributed by atoms with Crippen LogP contribution in [0.1, 0.15) is 25.2 Å². The zero-order chi connectivity index (χ0) is 23.0. The normalized spacial score (nSPS) is 14.3. The Morgan fingerprint density at radius 3 is 2.41 bits per heavy atom. The van der Waals surface area contributed by atoms with Gasteiger partial charge in [-0.1, -0.05) is 13.8 Å². The van der Waals surface area contributed by atoms with Crippen molar-refractivity contribution in [2.75, 3.05) is 20.4 Å². The molecule has 32 heavy (non-hydrogen) atoms. The van der Waals surface area contributed by atoms with Gasteiger partial charge in [-0.15, -0.1) is 0 Å². The van der Waals surface area contributed by atoms with E-state index in [1.54, 1.807) is 6.07 Å². The van der Waals surface area contributed by atoms with Crippen LogP contribution in [0, 0.1) is 5.92 Å². The molecule has 2 heterocycles. The highest BCUT2D eigenvalue weighted by Crippen LogP contribution is 2.41. The molecule has 0 saturated carbocycles. The maximum absolute atomic E-state index is 13.9. The van der Waals surface area contributed by atoms with E-state index in [1.165, 1.54) is 37.4 Å². The van der Waals surface area contributed by atoms with E-state index in [2.05, 4.69) is 0 Å². The molecule has 9 heteroatoms. The zero-order valence-corrected chi connectivity index (χ0v) is 17.8. The third-order valence-corrected chi connectivity index (χ3v) is 5.02. The van der Waals surface area contributed by atoms with Crippen molar-refractivity contribution in [3.8, 4) is 23.0 Å². The van der Waals surface area contributed by atoms with Crippen molar-refractivity contribution in [1.82, 2.24) is 4.90 Å². The van der Waals surface area contributed by atoms with Crippen LogP contribution < -0.4 is 19.6 Å². The van der Waals surface area contributed by atoms with Gasteiger partial charge in [0.15, 0.2) is 0 Å². The molecule has 170 valence electrons. The van der Waals surface area contributed by atoms with E-state index in [0.29, 0.717) is 42.8 Å². The molecule has 0 atom stereocenters. The average Bonchev–Trinajstić information content (AvgIpc) is 2.74. The number of nitrogens with zero attached hydrogens (tertiary/aromatic N) is 1. The molecule has 3 aromatic rings. The van der Waals surface area contributed by atoms with E-state index < -0.39 is 23.1 Å².